The highest BCUT2D eigenvalue weighted by atomic mass is 79.9. The van der Waals surface area contributed by atoms with Crippen LogP contribution in [-0.2, 0) is 0 Å². The minimum atomic E-state index is -1.22. The van der Waals surface area contributed by atoms with Gasteiger partial charge in [-0.1, -0.05) is 27.5 Å². The molecule has 2 aromatic rings. The van der Waals surface area contributed by atoms with Gasteiger partial charge in [0.25, 0.3) is 0 Å². The molecule has 0 bridgehead atoms. The molecule has 2 rings (SSSR count). The maximum atomic E-state index is 13.6. The molecule has 5 nitrogen and oxygen atoms in total. The number of amides is 2. The van der Waals surface area contributed by atoms with Gasteiger partial charge in [0.2, 0.25) is 0 Å². The third kappa shape index (κ3) is 3.96. The molecule has 0 spiro atoms. The molecule has 2 aromatic carbocycles. The topological polar surface area (TPSA) is 78.4 Å². The van der Waals surface area contributed by atoms with E-state index in [2.05, 4.69) is 26.6 Å². The average molecular weight is 388 g/mol. The first kappa shape index (κ1) is 16.3. The van der Waals surface area contributed by atoms with Crippen molar-refractivity contribution in [2.24, 2.45) is 0 Å². The summed E-state index contributed by atoms with van der Waals surface area (Å²) < 4.78 is 14.2. The van der Waals surface area contributed by atoms with Gasteiger partial charge in [-0.15, -0.1) is 0 Å². The summed E-state index contributed by atoms with van der Waals surface area (Å²) in [5, 5.41) is 13.9. The van der Waals surface area contributed by atoms with Crippen molar-refractivity contribution in [3.63, 3.8) is 0 Å². The van der Waals surface area contributed by atoms with E-state index in [-0.39, 0.29) is 22.0 Å². The number of carbonyl (C=O) groups excluding carboxylic acids is 1. The van der Waals surface area contributed by atoms with E-state index >= 15 is 0 Å². The lowest BCUT2D eigenvalue weighted by Gasteiger charge is -2.11. The Hall–Kier alpha value is -2.12. The summed E-state index contributed by atoms with van der Waals surface area (Å²) in [6.45, 7) is 0. The zero-order valence-electron chi connectivity index (χ0n) is 10.9. The number of carboxylic acids is 1. The summed E-state index contributed by atoms with van der Waals surface area (Å²) in [4.78, 5) is 23.0. The van der Waals surface area contributed by atoms with E-state index in [4.69, 9.17) is 16.7 Å². The lowest BCUT2D eigenvalue weighted by Crippen LogP contribution is -2.21. The summed E-state index contributed by atoms with van der Waals surface area (Å²) in [6.07, 6.45) is 0. The van der Waals surface area contributed by atoms with E-state index in [1.54, 1.807) is 6.07 Å². The molecule has 0 saturated heterocycles. The van der Waals surface area contributed by atoms with Gasteiger partial charge < -0.3 is 15.7 Å². The molecule has 0 aliphatic carbocycles. The molecule has 0 aromatic heterocycles. The van der Waals surface area contributed by atoms with Gasteiger partial charge in [0.15, 0.2) is 0 Å². The Bertz CT molecular complexity index is 755. The Morgan fingerprint density at radius 2 is 1.77 bits per heavy atom. The quantitative estimate of drug-likeness (QED) is 0.721. The second-order valence-corrected chi connectivity index (χ2v) is 5.55. The van der Waals surface area contributed by atoms with Gasteiger partial charge in [-0.05, 0) is 36.4 Å². The summed E-state index contributed by atoms with van der Waals surface area (Å²) in [5.41, 5.74) is -0.162. The van der Waals surface area contributed by atoms with Gasteiger partial charge >= 0.3 is 12.0 Å². The molecule has 0 aliphatic rings. The van der Waals surface area contributed by atoms with Crippen LogP contribution >= 0.6 is 27.5 Å². The van der Waals surface area contributed by atoms with Crippen LogP contribution in [0.25, 0.3) is 0 Å². The SMILES string of the molecule is O=C(Nc1ccc(Br)cc1F)Nc1cc(Cl)ccc1C(=O)O. The molecule has 2 amide bonds. The van der Waals surface area contributed by atoms with Gasteiger partial charge in [-0.2, -0.15) is 0 Å². The van der Waals surface area contributed by atoms with Crippen LogP contribution in [0.4, 0.5) is 20.6 Å². The molecule has 0 saturated carbocycles. The number of hydrogen-bond acceptors (Lipinski definition) is 2. The molecule has 0 fully saturated rings. The van der Waals surface area contributed by atoms with E-state index in [0.29, 0.717) is 4.47 Å². The van der Waals surface area contributed by atoms with Crippen LogP contribution in [-0.4, -0.2) is 17.1 Å². The molecule has 3 N–H and O–H groups in total. The lowest BCUT2D eigenvalue weighted by molar-refractivity contribution is 0.0698. The molecule has 22 heavy (non-hydrogen) atoms. The van der Waals surface area contributed by atoms with E-state index in [0.717, 1.165) is 0 Å². The molecule has 0 heterocycles. The maximum absolute atomic E-state index is 13.6. The molecular weight excluding hydrogens is 379 g/mol. The highest BCUT2D eigenvalue weighted by Crippen LogP contribution is 2.23. The van der Waals surface area contributed by atoms with Crippen LogP contribution < -0.4 is 10.6 Å². The highest BCUT2D eigenvalue weighted by Gasteiger charge is 2.14. The van der Waals surface area contributed by atoms with Gasteiger partial charge in [0.1, 0.15) is 5.82 Å². The minimum Gasteiger partial charge on any atom is -0.478 e. The normalized spacial score (nSPS) is 10.1. The number of rotatable bonds is 3. The predicted molar refractivity (Wildman–Crippen MR) is 85.2 cm³/mol. The lowest BCUT2D eigenvalue weighted by atomic mass is 10.2. The number of halogens is 3. The van der Waals surface area contributed by atoms with Crippen LogP contribution in [0.1, 0.15) is 10.4 Å². The first-order valence-electron chi connectivity index (χ1n) is 5.92. The summed E-state index contributed by atoms with van der Waals surface area (Å²) in [6, 6.07) is 7.28. The maximum Gasteiger partial charge on any atom is 0.337 e. The first-order chi connectivity index (χ1) is 10.4. The Morgan fingerprint density at radius 1 is 1.09 bits per heavy atom. The van der Waals surface area contributed by atoms with Crippen LogP contribution in [0.5, 0.6) is 0 Å². The molecule has 0 atom stereocenters. The van der Waals surface area contributed by atoms with Crippen molar-refractivity contribution in [2.75, 3.05) is 10.6 Å². The number of nitrogens with one attached hydrogen (secondary N) is 2. The van der Waals surface area contributed by atoms with Crippen molar-refractivity contribution in [3.8, 4) is 0 Å². The van der Waals surface area contributed by atoms with Crippen molar-refractivity contribution in [1.29, 1.82) is 0 Å². The van der Waals surface area contributed by atoms with Crippen molar-refractivity contribution in [3.05, 3.63) is 57.3 Å². The predicted octanol–water partition coefficient (Wildman–Crippen LogP) is 4.58. The number of anilines is 2. The van der Waals surface area contributed by atoms with Gasteiger partial charge in [0.05, 0.1) is 16.9 Å². The highest BCUT2D eigenvalue weighted by molar-refractivity contribution is 9.10. The molecule has 0 unspecified atom stereocenters. The Labute approximate surface area is 138 Å². The molecule has 0 aliphatic heterocycles. The number of carbonyl (C=O) groups is 2. The Kier molecular flexibility index (Phi) is 4.99. The average Bonchev–Trinajstić information content (AvgIpc) is 2.41. The van der Waals surface area contributed by atoms with Crippen molar-refractivity contribution in [2.45, 2.75) is 0 Å². The summed E-state index contributed by atoms with van der Waals surface area (Å²) in [7, 11) is 0. The van der Waals surface area contributed by atoms with Crippen molar-refractivity contribution < 1.29 is 19.1 Å². The van der Waals surface area contributed by atoms with Gasteiger partial charge in [-0.25, -0.2) is 14.0 Å². The molecular formula is C14H9BrClFN2O3. The number of carboxylic acid groups (broad SMARTS) is 1. The van der Waals surface area contributed by atoms with E-state index in [1.165, 1.54) is 30.3 Å². The molecule has 0 radical (unpaired) electrons. The molecule has 8 heteroatoms. The Morgan fingerprint density at radius 3 is 2.41 bits per heavy atom. The summed E-state index contributed by atoms with van der Waals surface area (Å²) >= 11 is 8.88. The monoisotopic (exact) mass is 386 g/mol. The third-order valence-electron chi connectivity index (χ3n) is 2.64. The van der Waals surface area contributed by atoms with Crippen molar-refractivity contribution in [1.82, 2.24) is 0 Å². The second kappa shape index (κ2) is 6.76. The zero-order chi connectivity index (χ0) is 16.3. The van der Waals surface area contributed by atoms with Crippen LogP contribution in [0, 0.1) is 5.82 Å². The Balaban J connectivity index is 2.19. The fourth-order valence-electron chi connectivity index (χ4n) is 1.67. The first-order valence-corrected chi connectivity index (χ1v) is 7.10. The number of urea groups is 1. The summed E-state index contributed by atoms with van der Waals surface area (Å²) in [5.74, 6) is -1.85. The van der Waals surface area contributed by atoms with Gasteiger partial charge in [0, 0.05) is 9.50 Å². The zero-order valence-corrected chi connectivity index (χ0v) is 13.2. The standard InChI is InChI=1S/C14H9BrClFN2O3/c15-7-1-4-11(10(17)5-7)18-14(22)19-12-6-8(16)2-3-9(12)13(20)21/h1-6H,(H,20,21)(H2,18,19,22). The second-order valence-electron chi connectivity index (χ2n) is 4.20. The number of aromatic carboxylic acids is 1. The van der Waals surface area contributed by atoms with E-state index in [9.17, 15) is 14.0 Å². The van der Waals surface area contributed by atoms with E-state index < -0.39 is 17.8 Å². The van der Waals surface area contributed by atoms with Crippen LogP contribution in [0.3, 0.4) is 0 Å². The minimum absolute atomic E-state index is 0.00928. The van der Waals surface area contributed by atoms with Crippen molar-refractivity contribution >= 4 is 50.9 Å². The van der Waals surface area contributed by atoms with Crippen LogP contribution in [0.2, 0.25) is 5.02 Å². The fourth-order valence-corrected chi connectivity index (χ4v) is 2.18. The molecule has 114 valence electrons. The smallest absolute Gasteiger partial charge is 0.337 e. The number of benzene rings is 2. The van der Waals surface area contributed by atoms with Crippen LogP contribution in [0.15, 0.2) is 40.9 Å². The fraction of sp³-hybridized carbons (Fsp3) is 0. The van der Waals surface area contributed by atoms with Gasteiger partial charge in [-0.3, -0.25) is 0 Å². The van der Waals surface area contributed by atoms with E-state index in [1.807, 2.05) is 0 Å². The number of hydrogen-bond donors (Lipinski definition) is 3. The largest absolute Gasteiger partial charge is 0.478 e. The third-order valence-corrected chi connectivity index (χ3v) is 3.37.